The number of amides is 1. The number of anilines is 1. The van der Waals surface area contributed by atoms with Crippen LogP contribution < -0.4 is 15.5 Å². The van der Waals surface area contributed by atoms with Crippen LogP contribution in [0.1, 0.15) is 10.4 Å². The molecule has 0 bridgehead atoms. The molecule has 5 rings (SSSR count). The van der Waals surface area contributed by atoms with Crippen molar-refractivity contribution in [1.82, 2.24) is 25.1 Å². The van der Waals surface area contributed by atoms with Crippen LogP contribution in [0.25, 0.3) is 33.4 Å². The van der Waals surface area contributed by atoms with Gasteiger partial charge >= 0.3 is 0 Å². The smallest absolute Gasteiger partial charge is 0.251 e. The lowest BCUT2D eigenvalue weighted by Crippen LogP contribution is -2.43. The lowest BCUT2D eigenvalue weighted by atomic mass is 9.97. The van der Waals surface area contributed by atoms with E-state index in [4.69, 9.17) is 11.6 Å². The maximum atomic E-state index is 12.9. The van der Waals surface area contributed by atoms with Gasteiger partial charge in [0, 0.05) is 74.7 Å². The molecule has 1 fully saturated rings. The Morgan fingerprint density at radius 3 is 2.57 bits per heavy atom. The Kier molecular flexibility index (Phi) is 7.46. The van der Waals surface area contributed by atoms with E-state index >= 15 is 0 Å². The zero-order valence-electron chi connectivity index (χ0n) is 21.6. The fourth-order valence-electron chi connectivity index (χ4n) is 4.99. The fraction of sp³-hybridized carbons (Fsp3) is 0.310. The molecular weight excluding hydrogens is 484 g/mol. The number of carbonyl (C=O) groups excluding carboxylic acids is 1. The van der Waals surface area contributed by atoms with Gasteiger partial charge in [0.05, 0.1) is 10.7 Å². The molecule has 8 heteroatoms. The molecule has 3 heterocycles. The standard InChI is InChI=1S/C29H33ClN6O/c1-34(2)16-15-33-29(37)22-6-4-5-21(19-22)25-26-24(30)11-12-32-28(26)35(3)27(25)20-7-9-23(10-8-20)36-17-13-31-14-18-36/h4-12,19,31H,13-18H2,1-3H3,(H,33,37). The van der Waals surface area contributed by atoms with Gasteiger partial charge in [-0.1, -0.05) is 35.9 Å². The summed E-state index contributed by atoms with van der Waals surface area (Å²) in [5, 5.41) is 7.95. The summed E-state index contributed by atoms with van der Waals surface area (Å²) in [7, 11) is 6.00. The number of piperazine rings is 1. The first-order chi connectivity index (χ1) is 17.9. The number of pyridine rings is 1. The third-order valence-electron chi connectivity index (χ3n) is 6.90. The minimum atomic E-state index is -0.0879. The van der Waals surface area contributed by atoms with Gasteiger partial charge < -0.3 is 25.0 Å². The number of rotatable bonds is 7. The van der Waals surface area contributed by atoms with E-state index in [1.165, 1.54) is 5.69 Å². The summed E-state index contributed by atoms with van der Waals surface area (Å²) in [6, 6.07) is 18.3. The molecule has 0 radical (unpaired) electrons. The molecule has 2 aromatic heterocycles. The molecule has 1 amide bonds. The summed E-state index contributed by atoms with van der Waals surface area (Å²) in [5.41, 5.74) is 6.66. The highest BCUT2D eigenvalue weighted by atomic mass is 35.5. The monoisotopic (exact) mass is 516 g/mol. The minimum Gasteiger partial charge on any atom is -0.369 e. The average Bonchev–Trinajstić information content (AvgIpc) is 3.22. The second-order valence-electron chi connectivity index (χ2n) is 9.70. The molecule has 0 saturated carbocycles. The van der Waals surface area contributed by atoms with Gasteiger partial charge in [0.2, 0.25) is 0 Å². The Bertz CT molecular complexity index is 1410. The molecule has 4 aromatic rings. The normalized spacial score (nSPS) is 13.9. The molecule has 2 N–H and O–H groups in total. The first-order valence-corrected chi connectivity index (χ1v) is 13.0. The molecule has 0 spiro atoms. The molecule has 0 atom stereocenters. The summed E-state index contributed by atoms with van der Waals surface area (Å²) in [4.78, 5) is 22.0. The van der Waals surface area contributed by atoms with Crippen molar-refractivity contribution in [2.24, 2.45) is 7.05 Å². The Hall–Kier alpha value is -3.39. The average molecular weight is 517 g/mol. The zero-order chi connectivity index (χ0) is 25.9. The van der Waals surface area contributed by atoms with E-state index in [0.717, 1.165) is 66.1 Å². The van der Waals surface area contributed by atoms with Crippen LogP contribution in [0, 0.1) is 0 Å². The van der Waals surface area contributed by atoms with Gasteiger partial charge in [-0.05, 0) is 55.6 Å². The summed E-state index contributed by atoms with van der Waals surface area (Å²) in [5.74, 6) is -0.0879. The second-order valence-corrected chi connectivity index (χ2v) is 10.1. The summed E-state index contributed by atoms with van der Waals surface area (Å²) in [6.45, 7) is 5.37. The Morgan fingerprint density at radius 1 is 1.08 bits per heavy atom. The number of hydrogen-bond donors (Lipinski definition) is 2. The van der Waals surface area contributed by atoms with Gasteiger partial charge in [-0.3, -0.25) is 4.79 Å². The van der Waals surface area contributed by atoms with Crippen molar-refractivity contribution in [3.63, 3.8) is 0 Å². The molecule has 7 nitrogen and oxygen atoms in total. The molecular formula is C29H33ClN6O. The predicted octanol–water partition coefficient (Wildman–Crippen LogP) is 4.26. The topological polar surface area (TPSA) is 65.4 Å². The zero-order valence-corrected chi connectivity index (χ0v) is 22.3. The van der Waals surface area contributed by atoms with Gasteiger partial charge in [-0.2, -0.15) is 0 Å². The molecule has 1 aliphatic rings. The van der Waals surface area contributed by atoms with Gasteiger partial charge in [0.15, 0.2) is 0 Å². The minimum absolute atomic E-state index is 0.0879. The summed E-state index contributed by atoms with van der Waals surface area (Å²) in [6.07, 6.45) is 1.74. The van der Waals surface area contributed by atoms with Crippen LogP contribution in [0.4, 0.5) is 5.69 Å². The lowest BCUT2D eigenvalue weighted by Gasteiger charge is -2.29. The number of carbonyl (C=O) groups is 1. The quantitative estimate of drug-likeness (QED) is 0.384. The van der Waals surface area contributed by atoms with E-state index in [1.807, 2.05) is 56.4 Å². The second kappa shape index (κ2) is 10.9. The third kappa shape index (κ3) is 5.21. The summed E-state index contributed by atoms with van der Waals surface area (Å²) >= 11 is 6.76. The van der Waals surface area contributed by atoms with Crippen LogP contribution >= 0.6 is 11.6 Å². The molecule has 1 saturated heterocycles. The van der Waals surface area contributed by atoms with Crippen LogP contribution in [0.3, 0.4) is 0 Å². The molecule has 1 aliphatic heterocycles. The van der Waals surface area contributed by atoms with Gasteiger partial charge in [0.25, 0.3) is 5.91 Å². The maximum absolute atomic E-state index is 12.9. The highest BCUT2D eigenvalue weighted by Gasteiger charge is 2.22. The van der Waals surface area contributed by atoms with Crippen LogP contribution in [-0.4, -0.2) is 73.7 Å². The van der Waals surface area contributed by atoms with Gasteiger partial charge in [0.1, 0.15) is 5.65 Å². The molecule has 2 aromatic carbocycles. The van der Waals surface area contributed by atoms with Crippen LogP contribution in [0.5, 0.6) is 0 Å². The predicted molar refractivity (Wildman–Crippen MR) is 153 cm³/mol. The largest absolute Gasteiger partial charge is 0.369 e. The molecule has 37 heavy (non-hydrogen) atoms. The van der Waals surface area contributed by atoms with Crippen LogP contribution in [-0.2, 0) is 7.05 Å². The van der Waals surface area contributed by atoms with Crippen molar-refractivity contribution in [1.29, 1.82) is 0 Å². The van der Waals surface area contributed by atoms with E-state index in [9.17, 15) is 4.79 Å². The van der Waals surface area contributed by atoms with E-state index in [0.29, 0.717) is 17.1 Å². The van der Waals surface area contributed by atoms with Crippen LogP contribution in [0.2, 0.25) is 5.02 Å². The van der Waals surface area contributed by atoms with Crippen molar-refractivity contribution in [2.45, 2.75) is 0 Å². The van der Waals surface area contributed by atoms with E-state index in [2.05, 4.69) is 49.4 Å². The number of nitrogens with one attached hydrogen (secondary N) is 2. The van der Waals surface area contributed by atoms with Crippen molar-refractivity contribution in [3.8, 4) is 22.4 Å². The van der Waals surface area contributed by atoms with Gasteiger partial charge in [-0.15, -0.1) is 0 Å². The van der Waals surface area contributed by atoms with Crippen LogP contribution in [0.15, 0.2) is 60.8 Å². The number of likely N-dealkylation sites (N-methyl/N-ethyl adjacent to an activating group) is 1. The Balaban J connectivity index is 1.58. The first kappa shape index (κ1) is 25.3. The third-order valence-corrected chi connectivity index (χ3v) is 7.22. The van der Waals surface area contributed by atoms with E-state index in [-0.39, 0.29) is 5.91 Å². The van der Waals surface area contributed by atoms with Gasteiger partial charge in [-0.25, -0.2) is 4.98 Å². The van der Waals surface area contributed by atoms with Crippen molar-refractivity contribution in [2.75, 3.05) is 58.3 Å². The van der Waals surface area contributed by atoms with Crippen molar-refractivity contribution in [3.05, 3.63) is 71.4 Å². The van der Waals surface area contributed by atoms with E-state index < -0.39 is 0 Å². The number of benzene rings is 2. The highest BCUT2D eigenvalue weighted by molar-refractivity contribution is 6.37. The first-order valence-electron chi connectivity index (χ1n) is 12.7. The number of nitrogens with zero attached hydrogens (tertiary/aromatic N) is 4. The Labute approximate surface area is 223 Å². The van der Waals surface area contributed by atoms with E-state index in [1.54, 1.807) is 6.20 Å². The maximum Gasteiger partial charge on any atom is 0.251 e. The molecule has 0 unspecified atom stereocenters. The molecule has 0 aliphatic carbocycles. The molecule has 192 valence electrons. The number of halogens is 1. The number of aromatic nitrogens is 2. The highest BCUT2D eigenvalue weighted by Crippen LogP contribution is 2.43. The number of fused-ring (bicyclic) bond motifs is 1. The number of aryl methyl sites for hydroxylation is 1. The fourth-order valence-corrected chi connectivity index (χ4v) is 5.22. The van der Waals surface area contributed by atoms with Crippen molar-refractivity contribution >= 4 is 34.2 Å². The number of hydrogen-bond acceptors (Lipinski definition) is 5. The Morgan fingerprint density at radius 2 is 1.84 bits per heavy atom. The summed E-state index contributed by atoms with van der Waals surface area (Å²) < 4.78 is 2.10. The SMILES string of the molecule is CN(C)CCNC(=O)c1cccc(-c2c(-c3ccc(N4CCNCC4)cc3)n(C)c3nccc(Cl)c23)c1. The lowest BCUT2D eigenvalue weighted by molar-refractivity contribution is 0.0951. The van der Waals surface area contributed by atoms with Crippen molar-refractivity contribution < 1.29 is 4.79 Å².